The molecule has 3 rings (SSSR count). The molecule has 1 saturated heterocycles. The lowest BCUT2D eigenvalue weighted by molar-refractivity contribution is -0.134. The number of nitrogens with zero attached hydrogens (tertiary/aromatic N) is 2. The summed E-state index contributed by atoms with van der Waals surface area (Å²) in [7, 11) is 0. The number of hydrogen-bond acceptors (Lipinski definition) is 4. The molecule has 1 aliphatic heterocycles. The number of phenolic OH excluding ortho intramolecular Hbond substituents is 1. The van der Waals surface area contributed by atoms with Crippen molar-refractivity contribution in [2.75, 3.05) is 18.4 Å². The topological polar surface area (TPSA) is 82.5 Å². The van der Waals surface area contributed by atoms with Crippen molar-refractivity contribution >= 4 is 33.6 Å². The Hall–Kier alpha value is -2.41. The minimum Gasteiger partial charge on any atom is -0.508 e. The molecule has 7 heteroatoms. The quantitative estimate of drug-likeness (QED) is 0.759. The number of piperidine rings is 1. The number of nitrogens with one attached hydrogen (secondary N) is 1. The molecule has 1 aliphatic rings. The Morgan fingerprint density at radius 3 is 2.81 bits per heavy atom. The minimum absolute atomic E-state index is 0.0116. The van der Waals surface area contributed by atoms with Crippen LogP contribution < -0.4 is 5.32 Å². The molecule has 0 spiro atoms. The molecule has 2 amide bonds. The number of likely N-dealkylation sites (tertiary alicyclic amines) is 1. The van der Waals surface area contributed by atoms with Gasteiger partial charge in [0, 0.05) is 30.2 Å². The van der Waals surface area contributed by atoms with Crippen LogP contribution in [-0.2, 0) is 16.0 Å². The average molecular weight is 432 g/mol. The number of carbonyl (C=O) groups excluding carboxylic acids is 2. The van der Waals surface area contributed by atoms with E-state index in [1.165, 1.54) is 0 Å². The van der Waals surface area contributed by atoms with E-state index in [4.69, 9.17) is 0 Å². The van der Waals surface area contributed by atoms with E-state index in [0.717, 1.165) is 22.9 Å². The second kappa shape index (κ2) is 8.99. The summed E-state index contributed by atoms with van der Waals surface area (Å²) in [5.74, 6) is 0.383. The predicted octanol–water partition coefficient (Wildman–Crippen LogP) is 3.36. The van der Waals surface area contributed by atoms with Gasteiger partial charge in [0.1, 0.15) is 11.6 Å². The van der Waals surface area contributed by atoms with Gasteiger partial charge >= 0.3 is 0 Å². The summed E-state index contributed by atoms with van der Waals surface area (Å²) in [4.78, 5) is 31.0. The van der Waals surface area contributed by atoms with Crippen LogP contribution in [0.1, 0.15) is 24.8 Å². The van der Waals surface area contributed by atoms with Crippen LogP contribution in [0, 0.1) is 5.92 Å². The smallest absolute Gasteiger partial charge is 0.230 e. The largest absolute Gasteiger partial charge is 0.508 e. The van der Waals surface area contributed by atoms with Crippen LogP contribution in [0.4, 0.5) is 5.82 Å². The van der Waals surface area contributed by atoms with Gasteiger partial charge in [0.2, 0.25) is 11.8 Å². The number of aryl methyl sites for hydroxylation is 1. The van der Waals surface area contributed by atoms with Gasteiger partial charge in [-0.2, -0.15) is 0 Å². The van der Waals surface area contributed by atoms with Gasteiger partial charge in [-0.1, -0.05) is 18.2 Å². The number of para-hydroxylation sites is 1. The van der Waals surface area contributed by atoms with Crippen LogP contribution in [0.25, 0.3) is 0 Å². The first-order chi connectivity index (χ1) is 13.0. The first kappa shape index (κ1) is 19.4. The molecule has 0 bridgehead atoms. The van der Waals surface area contributed by atoms with Gasteiger partial charge in [-0.25, -0.2) is 4.98 Å². The molecule has 27 heavy (non-hydrogen) atoms. The summed E-state index contributed by atoms with van der Waals surface area (Å²) in [6.45, 7) is 1.09. The number of aromatic hydroxyl groups is 1. The highest BCUT2D eigenvalue weighted by atomic mass is 79.9. The van der Waals surface area contributed by atoms with Gasteiger partial charge in [-0.15, -0.1) is 0 Å². The fourth-order valence-electron chi connectivity index (χ4n) is 3.22. The maximum atomic E-state index is 12.5. The van der Waals surface area contributed by atoms with E-state index < -0.39 is 0 Å². The lowest BCUT2D eigenvalue weighted by Crippen LogP contribution is -2.43. The van der Waals surface area contributed by atoms with E-state index in [-0.39, 0.29) is 23.5 Å². The molecule has 2 heterocycles. The first-order valence-electron chi connectivity index (χ1n) is 9.00. The lowest BCUT2D eigenvalue weighted by atomic mass is 9.96. The summed E-state index contributed by atoms with van der Waals surface area (Å²) >= 11 is 3.31. The molecule has 1 atom stereocenters. The number of benzene rings is 1. The zero-order valence-corrected chi connectivity index (χ0v) is 16.5. The number of hydrogen-bond donors (Lipinski definition) is 2. The Morgan fingerprint density at radius 1 is 1.26 bits per heavy atom. The monoisotopic (exact) mass is 431 g/mol. The predicted molar refractivity (Wildman–Crippen MR) is 106 cm³/mol. The standard InChI is InChI=1S/C20H22BrN3O3/c21-16-8-9-18(22-12-16)23-20(27)15-5-3-11-24(13-15)19(26)10-7-14-4-1-2-6-17(14)25/h1-2,4,6,8-9,12,15,25H,3,5,7,10-11,13H2,(H,22,23,27). The average Bonchev–Trinajstić information content (AvgIpc) is 2.69. The third-order valence-corrected chi connectivity index (χ3v) is 5.19. The highest BCUT2D eigenvalue weighted by molar-refractivity contribution is 9.10. The third-order valence-electron chi connectivity index (χ3n) is 4.72. The molecule has 1 fully saturated rings. The van der Waals surface area contributed by atoms with Crippen LogP contribution in [0.2, 0.25) is 0 Å². The van der Waals surface area contributed by atoms with Crippen LogP contribution in [0.15, 0.2) is 47.1 Å². The number of anilines is 1. The molecule has 0 saturated carbocycles. The van der Waals surface area contributed by atoms with E-state index in [0.29, 0.717) is 31.7 Å². The van der Waals surface area contributed by atoms with Gasteiger partial charge < -0.3 is 15.3 Å². The second-order valence-electron chi connectivity index (χ2n) is 6.66. The summed E-state index contributed by atoms with van der Waals surface area (Å²) in [5, 5.41) is 12.6. The molecular formula is C20H22BrN3O3. The van der Waals surface area contributed by atoms with Crippen LogP contribution >= 0.6 is 15.9 Å². The number of amides is 2. The van der Waals surface area contributed by atoms with Gasteiger partial charge in [0.15, 0.2) is 0 Å². The summed E-state index contributed by atoms with van der Waals surface area (Å²) in [5.41, 5.74) is 0.762. The molecule has 6 nitrogen and oxygen atoms in total. The Bertz CT molecular complexity index is 810. The number of aromatic nitrogens is 1. The van der Waals surface area contributed by atoms with E-state index >= 15 is 0 Å². The summed E-state index contributed by atoms with van der Waals surface area (Å²) < 4.78 is 0.847. The number of halogens is 1. The molecule has 2 N–H and O–H groups in total. The molecular weight excluding hydrogens is 410 g/mol. The van der Waals surface area contributed by atoms with Crippen LogP contribution in [-0.4, -0.2) is 39.9 Å². The summed E-state index contributed by atoms with van der Waals surface area (Å²) in [6, 6.07) is 10.6. The first-order valence-corrected chi connectivity index (χ1v) is 9.79. The highest BCUT2D eigenvalue weighted by Crippen LogP contribution is 2.21. The maximum absolute atomic E-state index is 12.5. The fraction of sp³-hybridized carbons (Fsp3) is 0.350. The van der Waals surface area contributed by atoms with E-state index in [9.17, 15) is 14.7 Å². The molecule has 142 valence electrons. The molecule has 2 aromatic rings. The Balaban J connectivity index is 1.53. The van der Waals surface area contributed by atoms with Crippen molar-refractivity contribution in [3.05, 3.63) is 52.6 Å². The van der Waals surface area contributed by atoms with Gasteiger partial charge in [-0.3, -0.25) is 9.59 Å². The molecule has 1 unspecified atom stereocenters. The Morgan fingerprint density at radius 2 is 2.07 bits per heavy atom. The van der Waals surface area contributed by atoms with Gasteiger partial charge in [0.05, 0.1) is 5.92 Å². The van der Waals surface area contributed by atoms with Crippen molar-refractivity contribution in [3.63, 3.8) is 0 Å². The lowest BCUT2D eigenvalue weighted by Gasteiger charge is -2.32. The third kappa shape index (κ3) is 5.29. The van der Waals surface area contributed by atoms with Crippen molar-refractivity contribution in [3.8, 4) is 5.75 Å². The summed E-state index contributed by atoms with van der Waals surface area (Å²) in [6.07, 6.45) is 3.99. The number of carbonyl (C=O) groups is 2. The SMILES string of the molecule is O=C(Nc1ccc(Br)cn1)C1CCCN(C(=O)CCc2ccccc2O)C1. The Kier molecular flexibility index (Phi) is 6.45. The number of pyridine rings is 1. The van der Waals surface area contributed by atoms with Crippen molar-refractivity contribution < 1.29 is 14.7 Å². The van der Waals surface area contributed by atoms with Crippen LogP contribution in [0.3, 0.4) is 0 Å². The molecule has 0 radical (unpaired) electrons. The number of rotatable bonds is 5. The highest BCUT2D eigenvalue weighted by Gasteiger charge is 2.28. The van der Waals surface area contributed by atoms with E-state index in [1.54, 1.807) is 29.3 Å². The zero-order chi connectivity index (χ0) is 19.2. The van der Waals surface area contributed by atoms with E-state index in [2.05, 4.69) is 26.2 Å². The van der Waals surface area contributed by atoms with Crippen LogP contribution in [0.5, 0.6) is 5.75 Å². The Labute approximate surface area is 166 Å². The van der Waals surface area contributed by atoms with Crippen molar-refractivity contribution in [2.24, 2.45) is 5.92 Å². The van der Waals surface area contributed by atoms with E-state index in [1.807, 2.05) is 18.2 Å². The van der Waals surface area contributed by atoms with Gasteiger partial charge in [0.25, 0.3) is 0 Å². The zero-order valence-electron chi connectivity index (χ0n) is 14.9. The van der Waals surface area contributed by atoms with Crippen molar-refractivity contribution in [2.45, 2.75) is 25.7 Å². The minimum atomic E-state index is -0.238. The van der Waals surface area contributed by atoms with Crippen molar-refractivity contribution in [1.82, 2.24) is 9.88 Å². The van der Waals surface area contributed by atoms with Gasteiger partial charge in [-0.05, 0) is 59.0 Å². The second-order valence-corrected chi connectivity index (χ2v) is 7.57. The molecule has 0 aliphatic carbocycles. The fourth-order valence-corrected chi connectivity index (χ4v) is 3.45. The molecule has 1 aromatic carbocycles. The van der Waals surface area contributed by atoms with Crippen molar-refractivity contribution in [1.29, 1.82) is 0 Å². The maximum Gasteiger partial charge on any atom is 0.230 e. The molecule has 1 aromatic heterocycles. The number of phenols is 1. The normalized spacial score (nSPS) is 16.8.